The van der Waals surface area contributed by atoms with Gasteiger partial charge < -0.3 is 14.7 Å². The molecule has 0 radical (unpaired) electrons. The Kier molecular flexibility index (Phi) is 5.32. The number of carbonyl (C=O) groups is 2. The molecule has 1 unspecified atom stereocenters. The lowest BCUT2D eigenvalue weighted by atomic mass is 9.78. The van der Waals surface area contributed by atoms with E-state index in [-0.39, 0.29) is 17.4 Å². The van der Waals surface area contributed by atoms with Crippen LogP contribution in [0.15, 0.2) is 18.2 Å². The van der Waals surface area contributed by atoms with Gasteiger partial charge in [-0.05, 0) is 51.9 Å². The van der Waals surface area contributed by atoms with Crippen molar-refractivity contribution in [2.24, 2.45) is 5.41 Å². The van der Waals surface area contributed by atoms with Gasteiger partial charge in [0.1, 0.15) is 5.82 Å². The van der Waals surface area contributed by atoms with Crippen LogP contribution >= 0.6 is 0 Å². The summed E-state index contributed by atoms with van der Waals surface area (Å²) in [6.45, 7) is 5.02. The summed E-state index contributed by atoms with van der Waals surface area (Å²) < 4.78 is 14.2. The molecule has 1 atom stereocenters. The smallest absolute Gasteiger partial charge is 0.257 e. The maximum absolute atomic E-state index is 14.2. The molecule has 2 amide bonds. The van der Waals surface area contributed by atoms with Gasteiger partial charge in [-0.1, -0.05) is 12.1 Å². The van der Waals surface area contributed by atoms with E-state index in [1.807, 2.05) is 19.0 Å². The molecule has 26 heavy (non-hydrogen) atoms. The summed E-state index contributed by atoms with van der Waals surface area (Å²) >= 11 is 0. The molecule has 2 heterocycles. The summed E-state index contributed by atoms with van der Waals surface area (Å²) in [5.74, 6) is -0.624. The molecule has 5 nitrogen and oxygen atoms in total. The second-order valence-electron chi connectivity index (χ2n) is 7.89. The van der Waals surface area contributed by atoms with Gasteiger partial charge >= 0.3 is 0 Å². The maximum Gasteiger partial charge on any atom is 0.257 e. The zero-order chi connectivity index (χ0) is 18.9. The van der Waals surface area contributed by atoms with Crippen molar-refractivity contribution in [1.29, 1.82) is 0 Å². The first-order valence-corrected chi connectivity index (χ1v) is 9.32. The van der Waals surface area contributed by atoms with Crippen molar-refractivity contribution in [2.45, 2.75) is 26.2 Å². The molecule has 2 saturated heterocycles. The highest BCUT2D eigenvalue weighted by molar-refractivity contribution is 5.96. The molecule has 142 valence electrons. The van der Waals surface area contributed by atoms with E-state index in [9.17, 15) is 14.0 Å². The molecule has 0 aliphatic carbocycles. The number of piperidine rings is 1. The minimum absolute atomic E-state index is 0.138. The highest BCUT2D eigenvalue weighted by Gasteiger charge is 2.49. The number of hydrogen-bond acceptors (Lipinski definition) is 3. The first-order valence-electron chi connectivity index (χ1n) is 9.32. The molecule has 0 aromatic heterocycles. The second kappa shape index (κ2) is 7.35. The molecule has 1 spiro atoms. The molecule has 0 bridgehead atoms. The van der Waals surface area contributed by atoms with Crippen LogP contribution in [0.1, 0.15) is 35.2 Å². The van der Waals surface area contributed by atoms with Crippen LogP contribution < -0.4 is 0 Å². The second-order valence-corrected chi connectivity index (χ2v) is 7.89. The fourth-order valence-electron chi connectivity index (χ4n) is 4.17. The van der Waals surface area contributed by atoms with Gasteiger partial charge in [0.15, 0.2) is 0 Å². The highest BCUT2D eigenvalue weighted by Crippen LogP contribution is 2.40. The molecule has 1 aromatic rings. The fraction of sp³-hybridized carbons (Fsp3) is 0.600. The van der Waals surface area contributed by atoms with Gasteiger partial charge in [-0.25, -0.2) is 4.39 Å². The van der Waals surface area contributed by atoms with E-state index in [1.54, 1.807) is 24.0 Å². The molecular formula is C20H28FN3O2. The Labute approximate surface area is 154 Å². The van der Waals surface area contributed by atoms with Crippen LogP contribution in [0, 0.1) is 18.2 Å². The van der Waals surface area contributed by atoms with E-state index in [1.165, 1.54) is 6.07 Å². The Hall–Kier alpha value is -1.95. The lowest BCUT2D eigenvalue weighted by molar-refractivity contribution is -0.138. The Morgan fingerprint density at radius 2 is 2.04 bits per heavy atom. The van der Waals surface area contributed by atoms with Crippen LogP contribution in [0.2, 0.25) is 0 Å². The summed E-state index contributed by atoms with van der Waals surface area (Å²) in [6.07, 6.45) is 2.37. The van der Waals surface area contributed by atoms with Crippen molar-refractivity contribution < 1.29 is 14.0 Å². The van der Waals surface area contributed by atoms with E-state index in [2.05, 4.69) is 4.90 Å². The molecular weight excluding hydrogens is 333 g/mol. The van der Waals surface area contributed by atoms with Crippen molar-refractivity contribution in [3.05, 3.63) is 35.1 Å². The Balaban J connectivity index is 1.75. The van der Waals surface area contributed by atoms with Crippen LogP contribution in [0.3, 0.4) is 0 Å². The summed E-state index contributed by atoms with van der Waals surface area (Å²) in [6, 6.07) is 4.69. The molecule has 2 aliphatic rings. The Morgan fingerprint density at radius 3 is 2.73 bits per heavy atom. The van der Waals surface area contributed by atoms with Crippen LogP contribution in [-0.4, -0.2) is 73.3 Å². The first-order chi connectivity index (χ1) is 12.3. The van der Waals surface area contributed by atoms with Gasteiger partial charge in [-0.2, -0.15) is 0 Å². The summed E-state index contributed by atoms with van der Waals surface area (Å²) in [7, 11) is 3.99. The molecule has 0 N–H and O–H groups in total. The largest absolute Gasteiger partial charge is 0.341 e. The van der Waals surface area contributed by atoms with Crippen LogP contribution in [0.4, 0.5) is 4.39 Å². The fourth-order valence-corrected chi connectivity index (χ4v) is 4.17. The van der Waals surface area contributed by atoms with Gasteiger partial charge in [0.05, 0.1) is 11.0 Å². The SMILES string of the molecule is Cc1cccc(F)c1C(=O)N1CCCC2(CCN(CCN(C)C)C2=O)C1. The summed E-state index contributed by atoms with van der Waals surface area (Å²) in [5.41, 5.74) is 0.291. The van der Waals surface area contributed by atoms with Crippen molar-refractivity contribution >= 4 is 11.8 Å². The third-order valence-electron chi connectivity index (χ3n) is 5.72. The van der Waals surface area contributed by atoms with Crippen LogP contribution in [0.25, 0.3) is 0 Å². The van der Waals surface area contributed by atoms with Crippen molar-refractivity contribution in [1.82, 2.24) is 14.7 Å². The number of carbonyl (C=O) groups excluding carboxylic acids is 2. The number of likely N-dealkylation sites (N-methyl/N-ethyl adjacent to an activating group) is 1. The lowest BCUT2D eigenvalue weighted by Gasteiger charge is -2.39. The van der Waals surface area contributed by atoms with E-state index >= 15 is 0 Å². The average Bonchev–Trinajstić information content (AvgIpc) is 2.89. The normalized spacial score (nSPS) is 23.3. The number of hydrogen-bond donors (Lipinski definition) is 0. The quantitative estimate of drug-likeness (QED) is 0.825. The minimum Gasteiger partial charge on any atom is -0.341 e. The van der Waals surface area contributed by atoms with E-state index < -0.39 is 11.2 Å². The number of amides is 2. The van der Waals surface area contributed by atoms with Crippen molar-refractivity contribution in [2.75, 3.05) is 46.8 Å². The zero-order valence-electron chi connectivity index (χ0n) is 15.9. The minimum atomic E-state index is -0.487. The molecule has 2 aliphatic heterocycles. The van der Waals surface area contributed by atoms with E-state index in [4.69, 9.17) is 0 Å². The van der Waals surface area contributed by atoms with Gasteiger partial charge in [-0.3, -0.25) is 9.59 Å². The van der Waals surface area contributed by atoms with Gasteiger partial charge in [0.25, 0.3) is 5.91 Å². The number of rotatable bonds is 4. The van der Waals surface area contributed by atoms with Crippen molar-refractivity contribution in [3.8, 4) is 0 Å². The third-order valence-corrected chi connectivity index (χ3v) is 5.72. The van der Waals surface area contributed by atoms with Gasteiger partial charge in [0, 0.05) is 32.7 Å². The summed E-state index contributed by atoms with van der Waals surface area (Å²) in [4.78, 5) is 31.6. The molecule has 1 aromatic carbocycles. The predicted molar refractivity (Wildman–Crippen MR) is 98.5 cm³/mol. The molecule has 3 rings (SSSR count). The molecule has 6 heteroatoms. The Bertz CT molecular complexity index is 686. The number of halogens is 1. The standard InChI is InChI=1S/C20H28FN3O2/c1-15-6-4-7-16(21)17(15)18(25)24-10-5-8-20(14-24)9-11-23(19(20)26)13-12-22(2)3/h4,6-7H,5,8-14H2,1-3H3. The number of benzene rings is 1. The number of aryl methyl sites for hydroxylation is 1. The van der Waals surface area contributed by atoms with E-state index in [0.29, 0.717) is 25.2 Å². The molecule has 2 fully saturated rings. The predicted octanol–water partition coefficient (Wildman–Crippen LogP) is 2.15. The third kappa shape index (κ3) is 3.47. The van der Waals surface area contributed by atoms with Crippen molar-refractivity contribution in [3.63, 3.8) is 0 Å². The van der Waals surface area contributed by atoms with Gasteiger partial charge in [0.2, 0.25) is 5.91 Å². The van der Waals surface area contributed by atoms with Crippen LogP contribution in [0.5, 0.6) is 0 Å². The maximum atomic E-state index is 14.2. The molecule has 0 saturated carbocycles. The monoisotopic (exact) mass is 361 g/mol. The summed E-state index contributed by atoms with van der Waals surface area (Å²) in [5, 5.41) is 0. The average molecular weight is 361 g/mol. The highest BCUT2D eigenvalue weighted by atomic mass is 19.1. The first kappa shape index (κ1) is 18.8. The zero-order valence-corrected chi connectivity index (χ0v) is 15.9. The van der Waals surface area contributed by atoms with Gasteiger partial charge in [-0.15, -0.1) is 0 Å². The lowest BCUT2D eigenvalue weighted by Crippen LogP contribution is -2.50. The number of likely N-dealkylation sites (tertiary alicyclic amines) is 2. The topological polar surface area (TPSA) is 43.9 Å². The van der Waals surface area contributed by atoms with Crippen LogP contribution in [-0.2, 0) is 4.79 Å². The number of nitrogens with zero attached hydrogens (tertiary/aromatic N) is 3. The van der Waals surface area contributed by atoms with E-state index in [0.717, 1.165) is 32.4 Å². The Morgan fingerprint density at radius 1 is 1.27 bits per heavy atom.